The zero-order valence-corrected chi connectivity index (χ0v) is 14.8. The smallest absolute Gasteiger partial charge is 0.0175 e. The van der Waals surface area contributed by atoms with E-state index in [9.17, 15) is 0 Å². The van der Waals surface area contributed by atoms with Gasteiger partial charge >= 0.3 is 0 Å². The Labute approximate surface area is 137 Å². The van der Waals surface area contributed by atoms with Gasteiger partial charge in [-0.25, -0.2) is 0 Å². The highest BCUT2D eigenvalue weighted by Gasteiger charge is 2.43. The Hall–Kier alpha value is -0.0500. The first-order valence-corrected chi connectivity index (χ1v) is 8.34. The Bertz CT molecular complexity index is 423. The quantitative estimate of drug-likeness (QED) is 0.738. The van der Waals surface area contributed by atoms with Crippen molar-refractivity contribution in [3.05, 3.63) is 34.3 Å². The Morgan fingerprint density at radius 2 is 1.55 bits per heavy atom. The molecule has 0 unspecified atom stereocenters. The summed E-state index contributed by atoms with van der Waals surface area (Å²) < 4.78 is 1.20. The molecule has 0 heterocycles. The third-order valence-electron chi connectivity index (χ3n) is 5.22. The summed E-state index contributed by atoms with van der Waals surface area (Å²) in [7, 11) is 4.45. The summed E-state index contributed by atoms with van der Waals surface area (Å²) in [6, 6.07) is 9.12. The molecule has 0 N–H and O–H groups in total. The highest BCUT2D eigenvalue weighted by atomic mass is 79.9. The molecule has 1 aromatic rings. The molecule has 0 spiro atoms. The van der Waals surface area contributed by atoms with E-state index in [1.165, 1.54) is 36.7 Å². The SMILES string of the molecule is CN(C)C[C@@H]1C2CCC(CC2)[C@@H]1c1ccc(Br)cc1.Cl. The van der Waals surface area contributed by atoms with Crippen LogP contribution in [0, 0.1) is 17.8 Å². The summed E-state index contributed by atoms with van der Waals surface area (Å²) in [6.07, 6.45) is 5.84. The fourth-order valence-electron chi connectivity index (χ4n) is 4.46. The maximum Gasteiger partial charge on any atom is 0.0175 e. The van der Waals surface area contributed by atoms with Crippen molar-refractivity contribution in [1.29, 1.82) is 0 Å². The van der Waals surface area contributed by atoms with Crippen LogP contribution in [0.2, 0.25) is 0 Å². The lowest BCUT2D eigenvalue weighted by atomic mass is 9.57. The van der Waals surface area contributed by atoms with E-state index in [2.05, 4.69) is 59.2 Å². The van der Waals surface area contributed by atoms with Crippen LogP contribution in [-0.2, 0) is 0 Å². The summed E-state index contributed by atoms with van der Waals surface area (Å²) in [5, 5.41) is 0. The van der Waals surface area contributed by atoms with Crippen LogP contribution in [0.25, 0.3) is 0 Å². The van der Waals surface area contributed by atoms with Gasteiger partial charge in [0.05, 0.1) is 0 Å². The van der Waals surface area contributed by atoms with Crippen LogP contribution in [0.15, 0.2) is 28.7 Å². The highest BCUT2D eigenvalue weighted by Crippen LogP contribution is 2.53. The van der Waals surface area contributed by atoms with E-state index in [0.29, 0.717) is 0 Å². The second kappa shape index (κ2) is 6.81. The summed E-state index contributed by atoms with van der Waals surface area (Å²) in [5.41, 5.74) is 1.57. The van der Waals surface area contributed by atoms with Crippen molar-refractivity contribution in [2.24, 2.45) is 17.8 Å². The van der Waals surface area contributed by atoms with E-state index in [-0.39, 0.29) is 12.4 Å². The zero-order valence-electron chi connectivity index (χ0n) is 12.4. The second-order valence-electron chi connectivity index (χ2n) is 6.68. The van der Waals surface area contributed by atoms with E-state index in [0.717, 1.165) is 23.7 Å². The molecule has 1 aromatic carbocycles. The fraction of sp³-hybridized carbons (Fsp3) is 0.647. The maximum absolute atomic E-state index is 3.56. The molecular formula is C17H25BrClN. The summed E-state index contributed by atoms with van der Waals surface area (Å²) in [4.78, 5) is 2.39. The Balaban J connectivity index is 0.00000147. The highest BCUT2D eigenvalue weighted by molar-refractivity contribution is 9.10. The lowest BCUT2D eigenvalue weighted by molar-refractivity contribution is 0.0507. The van der Waals surface area contributed by atoms with E-state index in [1.807, 2.05) is 0 Å². The molecule has 2 atom stereocenters. The van der Waals surface area contributed by atoms with Crippen LogP contribution in [0.3, 0.4) is 0 Å². The minimum atomic E-state index is 0. The molecule has 3 aliphatic rings. The molecular weight excluding hydrogens is 334 g/mol. The molecule has 4 rings (SSSR count). The van der Waals surface area contributed by atoms with E-state index < -0.39 is 0 Å². The molecule has 3 aliphatic carbocycles. The molecule has 20 heavy (non-hydrogen) atoms. The van der Waals surface area contributed by atoms with Gasteiger partial charge in [0.2, 0.25) is 0 Å². The maximum atomic E-state index is 3.56. The number of benzene rings is 1. The third kappa shape index (κ3) is 3.23. The number of rotatable bonds is 3. The van der Waals surface area contributed by atoms with Crippen molar-refractivity contribution < 1.29 is 0 Å². The topological polar surface area (TPSA) is 3.24 Å². The Morgan fingerprint density at radius 3 is 2.10 bits per heavy atom. The van der Waals surface area contributed by atoms with Gasteiger partial charge in [-0.15, -0.1) is 12.4 Å². The standard InChI is InChI=1S/C17H24BrN.ClH/c1-19(2)11-16-12-3-5-13(6-4-12)17(16)14-7-9-15(18)10-8-14;/h7-10,12-13,16-17H,3-6,11H2,1-2H3;1H/t12?,13?,16-,17-;/m1./s1. The molecule has 2 bridgehead atoms. The Kier molecular flexibility index (Phi) is 5.56. The minimum Gasteiger partial charge on any atom is -0.309 e. The van der Waals surface area contributed by atoms with Crippen molar-refractivity contribution >= 4 is 28.3 Å². The van der Waals surface area contributed by atoms with Crippen molar-refractivity contribution in [3.8, 4) is 0 Å². The van der Waals surface area contributed by atoms with Crippen molar-refractivity contribution in [1.82, 2.24) is 4.90 Å². The minimum absolute atomic E-state index is 0. The van der Waals surface area contributed by atoms with Gasteiger partial charge in [0.15, 0.2) is 0 Å². The van der Waals surface area contributed by atoms with Crippen LogP contribution in [0.5, 0.6) is 0 Å². The molecule has 0 amide bonds. The van der Waals surface area contributed by atoms with Crippen LogP contribution < -0.4 is 0 Å². The second-order valence-corrected chi connectivity index (χ2v) is 7.59. The van der Waals surface area contributed by atoms with Gasteiger partial charge in [0, 0.05) is 11.0 Å². The predicted molar refractivity (Wildman–Crippen MR) is 91.6 cm³/mol. The normalized spacial score (nSPS) is 32.2. The van der Waals surface area contributed by atoms with Crippen LogP contribution in [0.4, 0.5) is 0 Å². The summed E-state index contributed by atoms with van der Waals surface area (Å²) in [5.74, 6) is 3.55. The van der Waals surface area contributed by atoms with Crippen LogP contribution in [0.1, 0.15) is 37.2 Å². The molecule has 0 aliphatic heterocycles. The molecule has 3 saturated carbocycles. The van der Waals surface area contributed by atoms with Gasteiger partial charge in [-0.3, -0.25) is 0 Å². The Morgan fingerprint density at radius 1 is 1.00 bits per heavy atom. The van der Waals surface area contributed by atoms with Crippen molar-refractivity contribution in [2.75, 3.05) is 20.6 Å². The first-order chi connectivity index (χ1) is 9.15. The van der Waals surface area contributed by atoms with Crippen molar-refractivity contribution in [2.45, 2.75) is 31.6 Å². The lowest BCUT2D eigenvalue weighted by Gasteiger charge is -2.50. The summed E-state index contributed by atoms with van der Waals surface area (Å²) in [6.45, 7) is 1.25. The van der Waals surface area contributed by atoms with Crippen molar-refractivity contribution in [3.63, 3.8) is 0 Å². The first kappa shape index (κ1) is 16.3. The van der Waals surface area contributed by atoms with Gasteiger partial charge in [-0.05, 0) is 81.1 Å². The summed E-state index contributed by atoms with van der Waals surface area (Å²) >= 11 is 3.56. The zero-order chi connectivity index (χ0) is 13.4. The predicted octanol–water partition coefficient (Wildman–Crippen LogP) is 4.95. The van der Waals surface area contributed by atoms with Gasteiger partial charge in [0.25, 0.3) is 0 Å². The van der Waals surface area contributed by atoms with Gasteiger partial charge in [0.1, 0.15) is 0 Å². The number of hydrogen-bond donors (Lipinski definition) is 0. The third-order valence-corrected chi connectivity index (χ3v) is 5.75. The largest absolute Gasteiger partial charge is 0.309 e. The molecule has 0 radical (unpaired) electrons. The molecule has 3 fully saturated rings. The molecule has 1 nitrogen and oxygen atoms in total. The average molecular weight is 359 g/mol. The number of hydrogen-bond acceptors (Lipinski definition) is 1. The average Bonchev–Trinajstić information content (AvgIpc) is 2.41. The van der Waals surface area contributed by atoms with Crippen LogP contribution in [-0.4, -0.2) is 25.5 Å². The van der Waals surface area contributed by atoms with Crippen LogP contribution >= 0.6 is 28.3 Å². The van der Waals surface area contributed by atoms with E-state index in [4.69, 9.17) is 0 Å². The van der Waals surface area contributed by atoms with E-state index >= 15 is 0 Å². The van der Waals surface area contributed by atoms with Gasteiger partial charge < -0.3 is 4.90 Å². The molecule has 3 heteroatoms. The number of nitrogens with zero attached hydrogens (tertiary/aromatic N) is 1. The van der Waals surface area contributed by atoms with Gasteiger partial charge in [-0.1, -0.05) is 28.1 Å². The molecule has 0 saturated heterocycles. The van der Waals surface area contributed by atoms with Gasteiger partial charge in [-0.2, -0.15) is 0 Å². The molecule has 112 valence electrons. The first-order valence-electron chi connectivity index (χ1n) is 7.55. The molecule has 0 aromatic heterocycles. The van der Waals surface area contributed by atoms with E-state index in [1.54, 1.807) is 5.56 Å². The monoisotopic (exact) mass is 357 g/mol. The lowest BCUT2D eigenvalue weighted by Crippen LogP contribution is -2.43. The number of fused-ring (bicyclic) bond motifs is 3. The fourth-order valence-corrected chi connectivity index (χ4v) is 4.73. The number of halogens is 2.